The van der Waals surface area contributed by atoms with E-state index >= 15 is 0 Å². The summed E-state index contributed by atoms with van der Waals surface area (Å²) in [7, 11) is -6.23. The highest BCUT2D eigenvalue weighted by Crippen LogP contribution is 2.17. The molecule has 0 aliphatic rings. The Morgan fingerprint density at radius 1 is 0.812 bits per heavy atom. The zero-order chi connectivity index (χ0) is 12.7. The Kier molecular flexibility index (Phi) is 7.30. The maximum Gasteiger partial charge on any atom is 0.273 e. The predicted octanol–water partition coefficient (Wildman–Crippen LogP) is -0.447. The lowest BCUT2D eigenvalue weighted by Crippen LogP contribution is -2.23. The first-order valence-corrected chi connectivity index (χ1v) is 8.39. The molecule has 16 heavy (non-hydrogen) atoms. The molecule has 8 nitrogen and oxygen atoms in total. The molecule has 96 valence electrons. The fourth-order valence-corrected chi connectivity index (χ4v) is 1.84. The first-order chi connectivity index (χ1) is 7.21. The highest BCUT2D eigenvalue weighted by molar-refractivity contribution is 7.57. The van der Waals surface area contributed by atoms with E-state index in [9.17, 15) is 9.13 Å². The Balaban J connectivity index is 3.43. The molecule has 10 N–H and O–H groups in total. The molecule has 0 fully saturated rings. The lowest BCUT2D eigenvalue weighted by atomic mass is 10.3. The zero-order valence-corrected chi connectivity index (χ0v) is 10.8. The minimum absolute atomic E-state index is 0.445. The van der Waals surface area contributed by atoms with E-state index in [0.717, 1.165) is 0 Å². The Morgan fingerprint density at radius 3 is 1.38 bits per heavy atom. The summed E-state index contributed by atoms with van der Waals surface area (Å²) < 4.78 is 21.6. The first-order valence-electron chi connectivity index (χ1n) is 4.70. The minimum Gasteiger partial charge on any atom is -0.271 e. The highest BCUT2D eigenvalue weighted by atomic mass is 31.2. The van der Waals surface area contributed by atoms with Gasteiger partial charge < -0.3 is 0 Å². The molecule has 0 bridgehead atoms. The van der Waals surface area contributed by atoms with E-state index in [1.165, 1.54) is 0 Å². The molecule has 0 rings (SSSR count). The van der Waals surface area contributed by atoms with Gasteiger partial charge in [0.25, 0.3) is 15.2 Å². The summed E-state index contributed by atoms with van der Waals surface area (Å²) in [6.45, 7) is 0.890. The van der Waals surface area contributed by atoms with Gasteiger partial charge in [-0.15, -0.1) is 0 Å². The van der Waals surface area contributed by atoms with Crippen LogP contribution in [-0.2, 0) is 9.13 Å². The SMILES string of the molecule is NP(N)(=O)NCCC=CCCNP(N)(N)=O. The van der Waals surface area contributed by atoms with Crippen molar-refractivity contribution in [3.63, 3.8) is 0 Å². The van der Waals surface area contributed by atoms with E-state index in [2.05, 4.69) is 10.2 Å². The topological polar surface area (TPSA) is 162 Å². The van der Waals surface area contributed by atoms with Crippen molar-refractivity contribution >= 4 is 15.2 Å². The fraction of sp³-hybridized carbons (Fsp3) is 0.667. The summed E-state index contributed by atoms with van der Waals surface area (Å²) in [4.78, 5) is 0. The van der Waals surface area contributed by atoms with Gasteiger partial charge in [-0.05, 0) is 12.8 Å². The van der Waals surface area contributed by atoms with Crippen LogP contribution in [0.1, 0.15) is 12.8 Å². The van der Waals surface area contributed by atoms with Gasteiger partial charge in [0.1, 0.15) is 0 Å². The standard InChI is InChI=1S/C6H20N6O2P2/c7-15(8,13)11-5-3-1-2-4-6-12-16(9,10)14/h1-2H,3-6H2,(H5,7,8,11,13)(H5,9,10,12,14). The summed E-state index contributed by atoms with van der Waals surface area (Å²) in [5, 5.41) is 4.99. The van der Waals surface area contributed by atoms with Gasteiger partial charge in [-0.2, -0.15) is 0 Å². The van der Waals surface area contributed by atoms with Crippen molar-refractivity contribution < 1.29 is 9.13 Å². The van der Waals surface area contributed by atoms with Gasteiger partial charge >= 0.3 is 0 Å². The van der Waals surface area contributed by atoms with Gasteiger partial charge in [0.05, 0.1) is 0 Å². The molecule has 0 unspecified atom stereocenters. The molecule has 0 aromatic carbocycles. The smallest absolute Gasteiger partial charge is 0.271 e. The Labute approximate surface area is 95.3 Å². The summed E-state index contributed by atoms with van der Waals surface area (Å²) in [5.41, 5.74) is 20.3. The van der Waals surface area contributed by atoms with Gasteiger partial charge in [0, 0.05) is 13.1 Å². The molecule has 0 spiro atoms. The summed E-state index contributed by atoms with van der Waals surface area (Å²) in [6, 6.07) is 0. The third-order valence-electron chi connectivity index (χ3n) is 1.51. The van der Waals surface area contributed by atoms with Gasteiger partial charge in [0.2, 0.25) is 0 Å². The predicted molar refractivity (Wildman–Crippen MR) is 66.3 cm³/mol. The van der Waals surface area contributed by atoms with Crippen molar-refractivity contribution in [3.8, 4) is 0 Å². The van der Waals surface area contributed by atoms with Gasteiger partial charge in [-0.3, -0.25) is 31.1 Å². The molecule has 0 aromatic heterocycles. The van der Waals surface area contributed by atoms with Crippen molar-refractivity contribution in [1.29, 1.82) is 0 Å². The van der Waals surface area contributed by atoms with E-state index in [4.69, 9.17) is 22.0 Å². The van der Waals surface area contributed by atoms with Crippen molar-refractivity contribution in [2.24, 2.45) is 22.0 Å². The third-order valence-corrected chi connectivity index (χ3v) is 2.94. The number of nitrogens with one attached hydrogen (secondary N) is 2. The van der Waals surface area contributed by atoms with Crippen molar-refractivity contribution in [2.75, 3.05) is 13.1 Å². The monoisotopic (exact) mass is 270 g/mol. The van der Waals surface area contributed by atoms with E-state index in [0.29, 0.717) is 25.9 Å². The fourth-order valence-electron chi connectivity index (χ4n) is 0.881. The molecule has 0 saturated carbocycles. The molecule has 0 amide bonds. The van der Waals surface area contributed by atoms with Crippen LogP contribution >= 0.6 is 15.2 Å². The van der Waals surface area contributed by atoms with Crippen LogP contribution in [0.25, 0.3) is 0 Å². The number of nitrogens with two attached hydrogens (primary N) is 4. The van der Waals surface area contributed by atoms with Crippen LogP contribution in [0.5, 0.6) is 0 Å². The molecular weight excluding hydrogens is 250 g/mol. The van der Waals surface area contributed by atoms with Gasteiger partial charge in [0.15, 0.2) is 0 Å². The summed E-state index contributed by atoms with van der Waals surface area (Å²) in [5.74, 6) is 0. The lowest BCUT2D eigenvalue weighted by molar-refractivity contribution is 0.565. The Bertz CT molecular complexity index is 278. The average Bonchev–Trinajstić information content (AvgIpc) is 2.06. The average molecular weight is 270 g/mol. The second kappa shape index (κ2) is 7.32. The van der Waals surface area contributed by atoms with Crippen molar-refractivity contribution in [1.82, 2.24) is 10.2 Å². The summed E-state index contributed by atoms with van der Waals surface area (Å²) >= 11 is 0. The Morgan fingerprint density at radius 2 is 1.12 bits per heavy atom. The zero-order valence-electron chi connectivity index (χ0n) is 9.00. The number of rotatable bonds is 8. The molecule has 0 radical (unpaired) electrons. The van der Waals surface area contributed by atoms with Crippen LogP contribution in [0.4, 0.5) is 0 Å². The molecular formula is C6H20N6O2P2. The van der Waals surface area contributed by atoms with Crippen LogP contribution in [0.3, 0.4) is 0 Å². The molecule has 10 heteroatoms. The largest absolute Gasteiger partial charge is 0.273 e. The van der Waals surface area contributed by atoms with Gasteiger partial charge in [-0.25, -0.2) is 10.2 Å². The normalized spacial score (nSPS) is 13.5. The molecule has 0 aromatic rings. The quantitative estimate of drug-likeness (QED) is 0.196. The molecule has 0 heterocycles. The van der Waals surface area contributed by atoms with Gasteiger partial charge in [-0.1, -0.05) is 12.2 Å². The van der Waals surface area contributed by atoms with Crippen molar-refractivity contribution in [2.45, 2.75) is 12.8 Å². The maximum absolute atomic E-state index is 10.8. The summed E-state index contributed by atoms with van der Waals surface area (Å²) in [6.07, 6.45) is 5.03. The van der Waals surface area contributed by atoms with Crippen LogP contribution in [-0.4, -0.2) is 13.1 Å². The van der Waals surface area contributed by atoms with E-state index in [1.807, 2.05) is 12.2 Å². The minimum atomic E-state index is -3.12. The van der Waals surface area contributed by atoms with Crippen LogP contribution in [0, 0.1) is 0 Å². The third kappa shape index (κ3) is 14.0. The molecule has 0 saturated heterocycles. The second-order valence-corrected chi connectivity index (χ2v) is 6.75. The van der Waals surface area contributed by atoms with Crippen LogP contribution in [0.15, 0.2) is 12.2 Å². The highest BCUT2D eigenvalue weighted by Gasteiger charge is 2.04. The number of hydrogen-bond donors (Lipinski definition) is 6. The molecule has 0 aliphatic carbocycles. The lowest BCUT2D eigenvalue weighted by Gasteiger charge is -2.07. The van der Waals surface area contributed by atoms with E-state index in [1.54, 1.807) is 0 Å². The first kappa shape index (κ1) is 16.0. The Hall–Kier alpha value is -0.0400. The van der Waals surface area contributed by atoms with Crippen molar-refractivity contribution in [3.05, 3.63) is 12.2 Å². The van der Waals surface area contributed by atoms with Crippen LogP contribution < -0.4 is 32.2 Å². The van der Waals surface area contributed by atoms with Crippen LogP contribution in [0.2, 0.25) is 0 Å². The molecule has 0 aliphatic heterocycles. The molecule has 0 atom stereocenters. The number of hydrogen-bond acceptors (Lipinski definition) is 2. The van der Waals surface area contributed by atoms with E-state index < -0.39 is 15.2 Å². The van der Waals surface area contributed by atoms with E-state index in [-0.39, 0.29) is 0 Å². The maximum atomic E-state index is 10.8. The second-order valence-electron chi connectivity index (χ2n) is 3.28.